The highest BCUT2D eigenvalue weighted by atomic mass is 16.1. The molecule has 10 heteroatoms. The Morgan fingerprint density at radius 3 is 2.28 bits per heavy atom. The number of nitriles is 2. The number of aromatic nitrogens is 2. The Labute approximate surface area is 147 Å². The first-order chi connectivity index (χ1) is 11.5. The summed E-state index contributed by atoms with van der Waals surface area (Å²) in [5.41, 5.74) is 11.6. The molecular formula is C15H24N8O2. The van der Waals surface area contributed by atoms with Crippen LogP contribution in [0.25, 0.3) is 0 Å². The number of aryl methyl sites for hydroxylation is 1. The Balaban J connectivity index is -0.000000333. The standard InChI is InChI=1S/C7H10N4O.C5H7N3O.C2H3N.CH4/c1-5-10-3-6(2-9-4-12)7(8)11-5;6-1-5(2-7)3-8-4-9;1-2-3;/h3-4H,2H2,1H3,(H,9,12)(H2,8,10,11);1,4H,3,6H2,(H,8,9);1H3;1H4/b;5-1+;;. The fourth-order valence-corrected chi connectivity index (χ4v) is 1.09. The van der Waals surface area contributed by atoms with Crippen LogP contribution in [0.2, 0.25) is 0 Å². The van der Waals surface area contributed by atoms with Gasteiger partial charge in [0.05, 0.1) is 24.3 Å². The van der Waals surface area contributed by atoms with Crippen molar-refractivity contribution in [1.29, 1.82) is 10.5 Å². The van der Waals surface area contributed by atoms with Crippen molar-refractivity contribution in [3.8, 4) is 12.1 Å². The molecule has 6 N–H and O–H groups in total. The topological polar surface area (TPSA) is 184 Å². The molecule has 1 rings (SSSR count). The molecule has 0 unspecified atom stereocenters. The van der Waals surface area contributed by atoms with Crippen LogP contribution in [-0.4, -0.2) is 29.3 Å². The van der Waals surface area contributed by atoms with Gasteiger partial charge in [-0.15, -0.1) is 0 Å². The number of hydrogen-bond donors (Lipinski definition) is 4. The van der Waals surface area contributed by atoms with Crippen molar-refractivity contribution in [1.82, 2.24) is 20.6 Å². The summed E-state index contributed by atoms with van der Waals surface area (Å²) in [6.45, 7) is 3.76. The molecule has 0 aliphatic heterocycles. The molecule has 0 aliphatic carbocycles. The molecule has 0 spiro atoms. The van der Waals surface area contributed by atoms with Gasteiger partial charge >= 0.3 is 0 Å². The average molecular weight is 348 g/mol. The quantitative estimate of drug-likeness (QED) is 0.405. The van der Waals surface area contributed by atoms with Crippen LogP contribution < -0.4 is 22.1 Å². The summed E-state index contributed by atoms with van der Waals surface area (Å²) >= 11 is 0. The first-order valence-electron chi connectivity index (χ1n) is 6.54. The van der Waals surface area contributed by atoms with Gasteiger partial charge in [-0.25, -0.2) is 9.97 Å². The number of nitrogens with one attached hydrogen (secondary N) is 2. The summed E-state index contributed by atoms with van der Waals surface area (Å²) in [6.07, 6.45) is 3.89. The van der Waals surface area contributed by atoms with E-state index in [0.29, 0.717) is 36.6 Å². The summed E-state index contributed by atoms with van der Waals surface area (Å²) in [5.74, 6) is 1.04. The van der Waals surface area contributed by atoms with Crippen LogP contribution in [-0.2, 0) is 16.1 Å². The first-order valence-corrected chi connectivity index (χ1v) is 6.54. The fourth-order valence-electron chi connectivity index (χ4n) is 1.09. The third-order valence-corrected chi connectivity index (χ3v) is 2.11. The van der Waals surface area contributed by atoms with Gasteiger partial charge in [0.25, 0.3) is 0 Å². The van der Waals surface area contributed by atoms with Crippen LogP contribution in [0, 0.1) is 29.6 Å². The third-order valence-electron chi connectivity index (χ3n) is 2.11. The van der Waals surface area contributed by atoms with Crippen LogP contribution in [0.4, 0.5) is 5.82 Å². The molecule has 0 atom stereocenters. The van der Waals surface area contributed by atoms with Crippen molar-refractivity contribution in [3.05, 3.63) is 29.4 Å². The molecular weight excluding hydrogens is 324 g/mol. The first kappa shape index (κ1) is 26.2. The second-order valence-corrected chi connectivity index (χ2v) is 3.85. The lowest BCUT2D eigenvalue weighted by Gasteiger charge is -2.02. The number of anilines is 1. The minimum atomic E-state index is 0. The number of nitrogen functional groups attached to an aromatic ring is 1. The summed E-state index contributed by atoms with van der Waals surface area (Å²) in [5, 5.41) is 20.3. The highest BCUT2D eigenvalue weighted by Gasteiger charge is 1.99. The molecule has 0 fully saturated rings. The van der Waals surface area contributed by atoms with Gasteiger partial charge in [0.2, 0.25) is 12.8 Å². The minimum Gasteiger partial charge on any atom is -0.404 e. The molecule has 136 valence electrons. The molecule has 0 aromatic carbocycles. The van der Waals surface area contributed by atoms with Crippen LogP contribution in [0.5, 0.6) is 0 Å². The Hall–Kier alpha value is -3.66. The molecule has 1 heterocycles. The highest BCUT2D eigenvalue weighted by Crippen LogP contribution is 2.05. The minimum absolute atomic E-state index is 0. The smallest absolute Gasteiger partial charge is 0.207 e. The summed E-state index contributed by atoms with van der Waals surface area (Å²) in [7, 11) is 0. The molecule has 2 amide bonds. The highest BCUT2D eigenvalue weighted by molar-refractivity contribution is 5.48. The predicted molar refractivity (Wildman–Crippen MR) is 94.1 cm³/mol. The van der Waals surface area contributed by atoms with Gasteiger partial charge in [-0.3, -0.25) is 9.59 Å². The maximum Gasteiger partial charge on any atom is 0.207 e. The van der Waals surface area contributed by atoms with Crippen LogP contribution in [0.15, 0.2) is 18.0 Å². The third kappa shape index (κ3) is 15.0. The van der Waals surface area contributed by atoms with Crippen molar-refractivity contribution in [2.24, 2.45) is 5.73 Å². The lowest BCUT2D eigenvalue weighted by Crippen LogP contribution is -2.14. The van der Waals surface area contributed by atoms with Crippen molar-refractivity contribution in [3.63, 3.8) is 0 Å². The summed E-state index contributed by atoms with van der Waals surface area (Å²) in [6, 6.07) is 3.55. The zero-order valence-electron chi connectivity index (χ0n) is 13.5. The van der Waals surface area contributed by atoms with Crippen molar-refractivity contribution >= 4 is 18.6 Å². The van der Waals surface area contributed by atoms with Crippen molar-refractivity contribution in [2.45, 2.75) is 27.8 Å². The van der Waals surface area contributed by atoms with E-state index in [0.717, 1.165) is 11.8 Å². The number of carbonyl (C=O) groups excluding carboxylic acids is 2. The van der Waals surface area contributed by atoms with E-state index < -0.39 is 0 Å². The largest absolute Gasteiger partial charge is 0.404 e. The maximum absolute atomic E-state index is 9.96. The van der Waals surface area contributed by atoms with Crippen LogP contribution in [0.3, 0.4) is 0 Å². The summed E-state index contributed by atoms with van der Waals surface area (Å²) < 4.78 is 0. The number of rotatable bonds is 6. The number of nitrogens with two attached hydrogens (primary N) is 2. The number of hydrogen-bond acceptors (Lipinski definition) is 8. The molecule has 0 saturated carbocycles. The Morgan fingerprint density at radius 1 is 1.32 bits per heavy atom. The normalized spacial score (nSPS) is 8.40. The summed E-state index contributed by atoms with van der Waals surface area (Å²) in [4.78, 5) is 27.5. The van der Waals surface area contributed by atoms with Crippen LogP contribution in [0.1, 0.15) is 25.7 Å². The van der Waals surface area contributed by atoms with Crippen LogP contribution >= 0.6 is 0 Å². The fraction of sp³-hybridized carbons (Fsp3) is 0.333. The Bertz CT molecular complexity index is 617. The van der Waals surface area contributed by atoms with E-state index in [-0.39, 0.29) is 14.0 Å². The lowest BCUT2D eigenvalue weighted by molar-refractivity contribution is -0.110. The Morgan fingerprint density at radius 2 is 1.88 bits per heavy atom. The van der Waals surface area contributed by atoms with E-state index in [1.807, 2.05) is 0 Å². The maximum atomic E-state index is 9.96. The van der Waals surface area contributed by atoms with Gasteiger partial charge in [0, 0.05) is 31.4 Å². The zero-order valence-corrected chi connectivity index (χ0v) is 13.5. The monoisotopic (exact) mass is 348 g/mol. The number of nitrogens with zero attached hydrogens (tertiary/aromatic N) is 4. The van der Waals surface area contributed by atoms with E-state index in [9.17, 15) is 9.59 Å². The van der Waals surface area contributed by atoms with Crippen molar-refractivity contribution in [2.75, 3.05) is 12.3 Å². The van der Waals surface area contributed by atoms with E-state index in [4.69, 9.17) is 22.0 Å². The van der Waals surface area contributed by atoms with Gasteiger partial charge in [-0.05, 0) is 6.92 Å². The molecule has 25 heavy (non-hydrogen) atoms. The van der Waals surface area contributed by atoms with E-state index in [1.165, 1.54) is 6.92 Å². The van der Waals surface area contributed by atoms with Gasteiger partial charge in [-0.2, -0.15) is 10.5 Å². The molecule has 0 radical (unpaired) electrons. The van der Waals surface area contributed by atoms with E-state index in [1.54, 1.807) is 25.3 Å². The molecule has 0 bridgehead atoms. The van der Waals surface area contributed by atoms with E-state index >= 15 is 0 Å². The number of carbonyl (C=O) groups is 2. The van der Waals surface area contributed by atoms with Gasteiger partial charge in [-0.1, -0.05) is 7.43 Å². The molecule has 1 aromatic heterocycles. The van der Waals surface area contributed by atoms with E-state index in [2.05, 4.69) is 20.6 Å². The van der Waals surface area contributed by atoms with Crippen molar-refractivity contribution < 1.29 is 9.59 Å². The molecule has 0 saturated heterocycles. The SMILES string of the molecule is C.CC#N.Cc1ncc(CNC=O)c(N)n1.N#C/C(=C\N)CNC=O. The predicted octanol–water partition coefficient (Wildman–Crippen LogP) is -0.122. The molecule has 0 aliphatic rings. The molecule has 1 aromatic rings. The molecule has 10 nitrogen and oxygen atoms in total. The number of amides is 2. The van der Waals surface area contributed by atoms with Gasteiger partial charge in [0.1, 0.15) is 11.6 Å². The van der Waals surface area contributed by atoms with Gasteiger partial charge < -0.3 is 22.1 Å². The Kier molecular flexibility index (Phi) is 19.3. The average Bonchev–Trinajstić information content (AvgIpc) is 2.56. The lowest BCUT2D eigenvalue weighted by atomic mass is 10.3. The zero-order chi connectivity index (χ0) is 18.8. The van der Waals surface area contributed by atoms with Gasteiger partial charge in [0.15, 0.2) is 0 Å². The second kappa shape index (κ2) is 18.4. The second-order valence-electron chi connectivity index (χ2n) is 3.85.